The first kappa shape index (κ1) is 13.4. The van der Waals surface area contributed by atoms with Gasteiger partial charge in [-0.3, -0.25) is 4.72 Å². The van der Waals surface area contributed by atoms with Crippen molar-refractivity contribution in [3.05, 3.63) is 28.2 Å². The van der Waals surface area contributed by atoms with E-state index in [1.54, 1.807) is 6.92 Å². The lowest BCUT2D eigenvalue weighted by molar-refractivity contribution is 0.581. The van der Waals surface area contributed by atoms with Gasteiger partial charge in [0.2, 0.25) is 10.0 Å². The van der Waals surface area contributed by atoms with Crippen LogP contribution in [-0.2, 0) is 10.0 Å². The molecule has 0 aliphatic rings. The zero-order chi connectivity index (χ0) is 12.3. The van der Waals surface area contributed by atoms with Crippen LogP contribution in [0.4, 0.5) is 14.5 Å². The minimum Gasteiger partial charge on any atom is -0.278 e. The van der Waals surface area contributed by atoms with Crippen LogP contribution in [0.5, 0.6) is 0 Å². The first-order valence-electron chi connectivity index (χ1n) is 4.50. The van der Waals surface area contributed by atoms with Crippen molar-refractivity contribution < 1.29 is 17.2 Å². The van der Waals surface area contributed by atoms with Crippen molar-refractivity contribution in [1.29, 1.82) is 0 Å². The van der Waals surface area contributed by atoms with Gasteiger partial charge in [-0.05, 0) is 18.6 Å². The van der Waals surface area contributed by atoms with Gasteiger partial charge in [-0.15, -0.1) is 0 Å². The smallest absolute Gasteiger partial charge is 0.232 e. The summed E-state index contributed by atoms with van der Waals surface area (Å²) in [7, 11) is -3.69. The summed E-state index contributed by atoms with van der Waals surface area (Å²) in [6, 6.07) is 1.99. The van der Waals surface area contributed by atoms with Crippen LogP contribution in [0.2, 0.25) is 0 Å². The van der Waals surface area contributed by atoms with Gasteiger partial charge in [-0.1, -0.05) is 22.9 Å². The van der Waals surface area contributed by atoms with Crippen molar-refractivity contribution in [2.24, 2.45) is 0 Å². The number of nitrogens with one attached hydrogen (secondary N) is 1. The van der Waals surface area contributed by atoms with E-state index >= 15 is 0 Å². The molecule has 0 spiro atoms. The first-order valence-corrected chi connectivity index (χ1v) is 6.95. The molecule has 0 fully saturated rings. The minimum atomic E-state index is -3.69. The Morgan fingerprint density at radius 2 is 1.81 bits per heavy atom. The fourth-order valence-corrected chi connectivity index (χ4v) is 2.66. The summed E-state index contributed by atoms with van der Waals surface area (Å²) < 4.78 is 51.3. The van der Waals surface area contributed by atoms with E-state index in [2.05, 4.69) is 15.9 Å². The summed E-state index contributed by atoms with van der Waals surface area (Å²) in [6.07, 6.45) is 0.370. The van der Waals surface area contributed by atoms with Crippen molar-refractivity contribution in [2.75, 3.05) is 10.5 Å². The molecule has 1 rings (SSSR count). The van der Waals surface area contributed by atoms with Crippen LogP contribution in [0.1, 0.15) is 13.3 Å². The second kappa shape index (κ2) is 5.09. The highest BCUT2D eigenvalue weighted by molar-refractivity contribution is 9.10. The fraction of sp³-hybridized carbons (Fsp3) is 0.333. The van der Waals surface area contributed by atoms with E-state index in [0.717, 1.165) is 12.1 Å². The topological polar surface area (TPSA) is 46.2 Å². The van der Waals surface area contributed by atoms with E-state index in [4.69, 9.17) is 0 Å². The highest BCUT2D eigenvalue weighted by Crippen LogP contribution is 2.24. The summed E-state index contributed by atoms with van der Waals surface area (Å²) in [4.78, 5) is 0. The third-order valence-corrected chi connectivity index (χ3v) is 3.66. The lowest BCUT2D eigenvalue weighted by Gasteiger charge is -2.09. The number of hydrogen-bond acceptors (Lipinski definition) is 2. The third kappa shape index (κ3) is 3.41. The summed E-state index contributed by atoms with van der Waals surface area (Å²) in [5, 5.41) is 0. The van der Waals surface area contributed by atoms with E-state index < -0.39 is 27.3 Å². The van der Waals surface area contributed by atoms with E-state index in [1.807, 2.05) is 4.72 Å². The fourth-order valence-electron chi connectivity index (χ4n) is 1.11. The maximum absolute atomic E-state index is 13.3. The molecule has 0 aromatic heterocycles. The van der Waals surface area contributed by atoms with Gasteiger partial charge in [-0.2, -0.15) is 0 Å². The Labute approximate surface area is 101 Å². The number of benzene rings is 1. The predicted octanol–water partition coefficient (Wildman–Crippen LogP) is 2.88. The Morgan fingerprint density at radius 1 is 1.31 bits per heavy atom. The molecule has 1 aromatic rings. The third-order valence-electron chi connectivity index (χ3n) is 1.74. The molecular weight excluding hydrogens is 304 g/mol. The van der Waals surface area contributed by atoms with Gasteiger partial charge in [0.05, 0.1) is 5.75 Å². The molecule has 0 amide bonds. The lowest BCUT2D eigenvalue weighted by atomic mass is 10.3. The molecule has 0 radical (unpaired) electrons. The van der Waals surface area contributed by atoms with Crippen LogP contribution in [-0.4, -0.2) is 14.2 Å². The van der Waals surface area contributed by atoms with Crippen molar-refractivity contribution in [3.8, 4) is 0 Å². The Hall–Kier alpha value is -0.690. The molecule has 0 unspecified atom stereocenters. The van der Waals surface area contributed by atoms with E-state index in [0.29, 0.717) is 6.42 Å². The highest BCUT2D eigenvalue weighted by Gasteiger charge is 2.16. The van der Waals surface area contributed by atoms with Gasteiger partial charge >= 0.3 is 0 Å². The molecule has 1 aromatic carbocycles. The minimum absolute atomic E-state index is 0.179. The molecule has 1 N–H and O–H groups in total. The van der Waals surface area contributed by atoms with Crippen LogP contribution in [0.3, 0.4) is 0 Å². The molecule has 0 bridgehead atoms. The SMILES string of the molecule is CCCS(=O)(=O)Nc1c(F)cc(Br)cc1F. The molecule has 90 valence electrons. The normalized spacial score (nSPS) is 11.5. The molecule has 0 saturated heterocycles. The number of anilines is 1. The molecule has 16 heavy (non-hydrogen) atoms. The monoisotopic (exact) mass is 313 g/mol. The number of sulfonamides is 1. The van der Waals surface area contributed by atoms with Gasteiger partial charge in [0, 0.05) is 4.47 Å². The molecule has 0 atom stereocenters. The molecule has 7 heteroatoms. The van der Waals surface area contributed by atoms with Crippen LogP contribution in [0, 0.1) is 11.6 Å². The second-order valence-electron chi connectivity index (χ2n) is 3.17. The largest absolute Gasteiger partial charge is 0.278 e. The summed E-state index contributed by atoms with van der Waals surface area (Å²) in [5.74, 6) is -2.08. The van der Waals surface area contributed by atoms with Crippen molar-refractivity contribution in [3.63, 3.8) is 0 Å². The van der Waals surface area contributed by atoms with Crippen LogP contribution >= 0.6 is 15.9 Å². The number of rotatable bonds is 4. The summed E-state index contributed by atoms with van der Waals surface area (Å²) in [6.45, 7) is 1.66. The van der Waals surface area contributed by atoms with Gasteiger partial charge in [-0.25, -0.2) is 17.2 Å². The van der Waals surface area contributed by atoms with E-state index in [1.165, 1.54) is 0 Å². The van der Waals surface area contributed by atoms with Crippen molar-refractivity contribution in [1.82, 2.24) is 0 Å². The maximum atomic E-state index is 13.3. The number of hydrogen-bond donors (Lipinski definition) is 1. The van der Waals surface area contributed by atoms with Gasteiger partial charge in [0.25, 0.3) is 0 Å². The van der Waals surface area contributed by atoms with Gasteiger partial charge in [0.15, 0.2) is 11.6 Å². The quantitative estimate of drug-likeness (QED) is 0.929. The zero-order valence-corrected chi connectivity index (χ0v) is 10.8. The first-order chi connectivity index (χ1) is 7.35. The molecule has 0 aliphatic heterocycles. The standard InChI is InChI=1S/C9H10BrF2NO2S/c1-2-3-16(14,15)13-9-7(11)4-6(10)5-8(9)12/h4-5,13H,2-3H2,1H3. The molecular formula is C9H10BrF2NO2S. The van der Waals surface area contributed by atoms with Crippen LogP contribution in [0.25, 0.3) is 0 Å². The molecule has 0 aliphatic carbocycles. The highest BCUT2D eigenvalue weighted by atomic mass is 79.9. The van der Waals surface area contributed by atoms with E-state index in [-0.39, 0.29) is 10.2 Å². The summed E-state index contributed by atoms with van der Waals surface area (Å²) in [5.41, 5.74) is -0.642. The molecule has 0 saturated carbocycles. The Morgan fingerprint density at radius 3 is 2.25 bits per heavy atom. The van der Waals surface area contributed by atoms with E-state index in [9.17, 15) is 17.2 Å². The molecule has 3 nitrogen and oxygen atoms in total. The zero-order valence-electron chi connectivity index (χ0n) is 8.43. The Balaban J connectivity index is 3.07. The van der Waals surface area contributed by atoms with Crippen molar-refractivity contribution in [2.45, 2.75) is 13.3 Å². The van der Waals surface area contributed by atoms with Crippen LogP contribution < -0.4 is 4.72 Å². The Bertz CT molecular complexity index is 467. The lowest BCUT2D eigenvalue weighted by Crippen LogP contribution is -2.18. The van der Waals surface area contributed by atoms with Gasteiger partial charge in [0.1, 0.15) is 5.69 Å². The average Bonchev–Trinajstić information content (AvgIpc) is 2.11. The van der Waals surface area contributed by atoms with Crippen LogP contribution in [0.15, 0.2) is 16.6 Å². The summed E-state index contributed by atoms with van der Waals surface area (Å²) >= 11 is 2.90. The van der Waals surface area contributed by atoms with Crippen molar-refractivity contribution >= 4 is 31.6 Å². The molecule has 0 heterocycles. The van der Waals surface area contributed by atoms with Gasteiger partial charge < -0.3 is 0 Å². The number of halogens is 3. The Kier molecular flexibility index (Phi) is 4.26. The maximum Gasteiger partial charge on any atom is 0.232 e. The average molecular weight is 314 g/mol. The predicted molar refractivity (Wildman–Crippen MR) is 61.8 cm³/mol. The second-order valence-corrected chi connectivity index (χ2v) is 5.92.